The predicted molar refractivity (Wildman–Crippen MR) is 47.0 cm³/mol. The van der Waals surface area contributed by atoms with Gasteiger partial charge in [0, 0.05) is 7.11 Å². The Labute approximate surface area is 84.9 Å². The molecule has 1 rings (SSSR count). The molecule has 0 bridgehead atoms. The monoisotopic (exact) mass is 215 g/mol. The summed E-state index contributed by atoms with van der Waals surface area (Å²) in [5.41, 5.74) is 0.114. The second-order valence-corrected chi connectivity index (χ2v) is 2.89. The van der Waals surface area contributed by atoms with Crippen molar-refractivity contribution in [2.45, 2.75) is 12.3 Å². The topological polar surface area (TPSA) is 33.0 Å². The molecule has 80 valence electrons. The van der Waals surface area contributed by atoms with Gasteiger partial charge in [-0.2, -0.15) is 18.4 Å². The fourth-order valence-corrected chi connectivity index (χ4v) is 1.23. The fraction of sp³-hybridized carbons (Fsp3) is 0.300. The van der Waals surface area contributed by atoms with Gasteiger partial charge in [-0.05, 0) is 17.7 Å². The molecular weight excluding hydrogens is 207 g/mol. The molecule has 1 atom stereocenters. The highest BCUT2D eigenvalue weighted by Gasteiger charge is 2.41. The van der Waals surface area contributed by atoms with E-state index < -0.39 is 12.3 Å². The Hall–Kier alpha value is -1.54. The van der Waals surface area contributed by atoms with Crippen LogP contribution in [0.2, 0.25) is 0 Å². The van der Waals surface area contributed by atoms with E-state index in [2.05, 4.69) is 4.74 Å². The molecule has 0 aliphatic heterocycles. The highest BCUT2D eigenvalue weighted by atomic mass is 19.4. The van der Waals surface area contributed by atoms with Gasteiger partial charge in [0.1, 0.15) is 0 Å². The van der Waals surface area contributed by atoms with Crippen LogP contribution in [0.5, 0.6) is 0 Å². The van der Waals surface area contributed by atoms with E-state index in [9.17, 15) is 13.2 Å². The summed E-state index contributed by atoms with van der Waals surface area (Å²) in [5, 5.41) is 8.55. The Bertz CT molecular complexity index is 381. The van der Waals surface area contributed by atoms with Crippen LogP contribution in [0, 0.1) is 11.3 Å². The van der Waals surface area contributed by atoms with Crippen LogP contribution >= 0.6 is 0 Å². The van der Waals surface area contributed by atoms with E-state index in [-0.39, 0.29) is 11.1 Å². The number of benzene rings is 1. The number of ether oxygens (including phenoxy) is 1. The van der Waals surface area contributed by atoms with Crippen molar-refractivity contribution in [1.82, 2.24) is 0 Å². The van der Waals surface area contributed by atoms with Gasteiger partial charge < -0.3 is 4.74 Å². The number of alkyl halides is 3. The molecule has 0 N–H and O–H groups in total. The van der Waals surface area contributed by atoms with Gasteiger partial charge in [-0.1, -0.05) is 12.1 Å². The maximum atomic E-state index is 12.4. The van der Waals surface area contributed by atoms with Gasteiger partial charge in [-0.15, -0.1) is 0 Å². The van der Waals surface area contributed by atoms with Gasteiger partial charge >= 0.3 is 6.18 Å². The molecule has 0 aliphatic carbocycles. The molecule has 0 radical (unpaired) electrons. The van der Waals surface area contributed by atoms with E-state index >= 15 is 0 Å². The van der Waals surface area contributed by atoms with Crippen LogP contribution in [0.4, 0.5) is 13.2 Å². The summed E-state index contributed by atoms with van der Waals surface area (Å²) < 4.78 is 41.7. The molecule has 0 heterocycles. The van der Waals surface area contributed by atoms with Crippen LogP contribution in [0.1, 0.15) is 17.2 Å². The Morgan fingerprint density at radius 3 is 2.53 bits per heavy atom. The maximum Gasteiger partial charge on any atom is 0.418 e. The minimum absolute atomic E-state index is 0.0657. The largest absolute Gasteiger partial charge is 0.418 e. The van der Waals surface area contributed by atoms with Gasteiger partial charge in [0.2, 0.25) is 0 Å². The molecular formula is C10H8F3NO. The average Bonchev–Trinajstić information content (AvgIpc) is 2.17. The van der Waals surface area contributed by atoms with E-state index in [1.165, 1.54) is 24.3 Å². The molecule has 0 unspecified atom stereocenters. The second kappa shape index (κ2) is 4.32. The lowest BCUT2D eigenvalue weighted by Crippen LogP contribution is -2.22. The van der Waals surface area contributed by atoms with Gasteiger partial charge in [0.05, 0.1) is 11.6 Å². The summed E-state index contributed by atoms with van der Waals surface area (Å²) in [7, 11) is 0.983. The first-order valence-corrected chi connectivity index (χ1v) is 4.08. The Kier molecular flexibility index (Phi) is 3.32. The van der Waals surface area contributed by atoms with Crippen LogP contribution in [-0.2, 0) is 4.74 Å². The van der Waals surface area contributed by atoms with Crippen LogP contribution < -0.4 is 0 Å². The lowest BCUT2D eigenvalue weighted by Gasteiger charge is -2.18. The smallest absolute Gasteiger partial charge is 0.367 e. The summed E-state index contributed by atoms with van der Waals surface area (Å²) in [6.45, 7) is 0. The first-order chi connectivity index (χ1) is 6.99. The summed E-state index contributed by atoms with van der Waals surface area (Å²) in [6, 6.07) is 7.06. The third-order valence-corrected chi connectivity index (χ3v) is 1.85. The lowest BCUT2D eigenvalue weighted by atomic mass is 10.1. The fourth-order valence-electron chi connectivity index (χ4n) is 1.23. The standard InChI is InChI=1S/C10H8F3NO/c1-15-9(10(11,12)13)8-4-2-3-7(5-8)6-14/h2-5,9H,1H3/t9-/m1/s1. The van der Waals surface area contributed by atoms with Crippen molar-refractivity contribution in [3.8, 4) is 6.07 Å². The van der Waals surface area contributed by atoms with Crippen molar-refractivity contribution in [2.24, 2.45) is 0 Å². The van der Waals surface area contributed by atoms with Crippen molar-refractivity contribution in [1.29, 1.82) is 5.26 Å². The summed E-state index contributed by atoms with van der Waals surface area (Å²) in [6.07, 6.45) is -6.45. The number of halogens is 3. The Balaban J connectivity index is 3.09. The molecule has 1 aromatic carbocycles. The average molecular weight is 215 g/mol. The molecule has 0 spiro atoms. The van der Waals surface area contributed by atoms with Crippen molar-refractivity contribution in [3.05, 3.63) is 35.4 Å². The number of hydrogen-bond donors (Lipinski definition) is 0. The minimum Gasteiger partial charge on any atom is -0.367 e. The molecule has 0 aliphatic rings. The normalized spacial score (nSPS) is 13.3. The van der Waals surface area contributed by atoms with Crippen LogP contribution in [-0.4, -0.2) is 13.3 Å². The molecule has 0 saturated heterocycles. The van der Waals surface area contributed by atoms with Crippen molar-refractivity contribution >= 4 is 0 Å². The molecule has 15 heavy (non-hydrogen) atoms. The van der Waals surface area contributed by atoms with E-state index in [4.69, 9.17) is 5.26 Å². The predicted octanol–water partition coefficient (Wildman–Crippen LogP) is 2.81. The SMILES string of the molecule is CO[C@H](c1cccc(C#N)c1)C(F)(F)F. The van der Waals surface area contributed by atoms with Gasteiger partial charge in [-0.25, -0.2) is 0 Å². The van der Waals surface area contributed by atoms with Crippen molar-refractivity contribution in [3.63, 3.8) is 0 Å². The zero-order chi connectivity index (χ0) is 11.5. The zero-order valence-corrected chi connectivity index (χ0v) is 7.88. The van der Waals surface area contributed by atoms with Gasteiger partial charge in [-0.3, -0.25) is 0 Å². The third-order valence-electron chi connectivity index (χ3n) is 1.85. The number of nitrogens with zero attached hydrogens (tertiary/aromatic N) is 1. The van der Waals surface area contributed by atoms with Crippen LogP contribution in [0.25, 0.3) is 0 Å². The van der Waals surface area contributed by atoms with Crippen LogP contribution in [0.3, 0.4) is 0 Å². The minimum atomic E-state index is -4.47. The molecule has 5 heteroatoms. The summed E-state index contributed by atoms with van der Waals surface area (Å²) in [4.78, 5) is 0. The van der Waals surface area contributed by atoms with Gasteiger partial charge in [0.25, 0.3) is 0 Å². The zero-order valence-electron chi connectivity index (χ0n) is 7.88. The van der Waals surface area contributed by atoms with E-state index in [1.807, 2.05) is 0 Å². The molecule has 0 amide bonds. The van der Waals surface area contributed by atoms with E-state index in [1.54, 1.807) is 6.07 Å². The van der Waals surface area contributed by atoms with E-state index in [0.717, 1.165) is 7.11 Å². The first-order valence-electron chi connectivity index (χ1n) is 4.08. The summed E-state index contributed by atoms with van der Waals surface area (Å²) >= 11 is 0. The Morgan fingerprint density at radius 1 is 1.40 bits per heavy atom. The highest BCUT2D eigenvalue weighted by molar-refractivity contribution is 5.34. The maximum absolute atomic E-state index is 12.4. The second-order valence-electron chi connectivity index (χ2n) is 2.89. The first kappa shape index (κ1) is 11.5. The van der Waals surface area contributed by atoms with E-state index in [0.29, 0.717) is 0 Å². The molecule has 0 aromatic heterocycles. The quantitative estimate of drug-likeness (QED) is 0.759. The number of hydrogen-bond acceptors (Lipinski definition) is 2. The summed E-state index contributed by atoms with van der Waals surface area (Å²) in [5.74, 6) is 0. The van der Waals surface area contributed by atoms with Crippen molar-refractivity contribution in [2.75, 3.05) is 7.11 Å². The number of rotatable bonds is 2. The molecule has 2 nitrogen and oxygen atoms in total. The van der Waals surface area contributed by atoms with Crippen molar-refractivity contribution < 1.29 is 17.9 Å². The lowest BCUT2D eigenvalue weighted by molar-refractivity contribution is -0.215. The van der Waals surface area contributed by atoms with Crippen LogP contribution in [0.15, 0.2) is 24.3 Å². The Morgan fingerprint density at radius 2 is 2.07 bits per heavy atom. The number of nitriles is 1. The number of methoxy groups -OCH3 is 1. The third kappa shape index (κ3) is 2.70. The van der Waals surface area contributed by atoms with Gasteiger partial charge in [0.15, 0.2) is 6.10 Å². The molecule has 0 fully saturated rings. The highest BCUT2D eigenvalue weighted by Crippen LogP contribution is 2.35. The molecule has 1 aromatic rings. The molecule has 0 saturated carbocycles.